The van der Waals surface area contributed by atoms with Crippen molar-refractivity contribution in [3.05, 3.63) is 11.8 Å². The van der Waals surface area contributed by atoms with Crippen molar-refractivity contribution in [2.24, 2.45) is 0 Å². The molecule has 1 N–H and O–H groups in total. The van der Waals surface area contributed by atoms with Crippen LogP contribution in [-0.2, 0) is 0 Å². The summed E-state index contributed by atoms with van der Waals surface area (Å²) in [5.41, 5.74) is -0.554. The fourth-order valence-electron chi connectivity index (χ4n) is 0.952. The molecule has 0 aromatic carbocycles. The molecule has 0 amide bonds. The summed E-state index contributed by atoms with van der Waals surface area (Å²) in [5, 5.41) is 9.22. The summed E-state index contributed by atoms with van der Waals surface area (Å²) >= 11 is 0. The van der Waals surface area contributed by atoms with E-state index in [1.807, 2.05) is 0 Å². The van der Waals surface area contributed by atoms with Crippen LogP contribution < -0.4 is 9.47 Å². The van der Waals surface area contributed by atoms with E-state index < -0.39 is 12.1 Å². The zero-order valence-corrected chi connectivity index (χ0v) is 7.62. The number of nitrogens with zero attached hydrogens (tertiary/aromatic N) is 1. The molecule has 1 rings (SSSR count). The van der Waals surface area contributed by atoms with Crippen molar-refractivity contribution in [3.63, 3.8) is 0 Å². The Balaban J connectivity index is 3.25. The summed E-state index contributed by atoms with van der Waals surface area (Å²) in [6, 6.07) is 1.04. The number of ether oxygens (including phenoxy) is 2. The average Bonchev–Trinajstić information content (AvgIpc) is 2.16. The predicted molar refractivity (Wildman–Crippen MR) is 44.0 cm³/mol. The maximum absolute atomic E-state index is 12.4. The molecular formula is C8H9F2NO3. The van der Waals surface area contributed by atoms with Gasteiger partial charge in [0.1, 0.15) is 5.75 Å². The van der Waals surface area contributed by atoms with Gasteiger partial charge < -0.3 is 14.6 Å². The third-order valence-corrected chi connectivity index (χ3v) is 1.58. The van der Waals surface area contributed by atoms with E-state index in [-0.39, 0.29) is 17.4 Å². The number of halogens is 2. The monoisotopic (exact) mass is 205 g/mol. The van der Waals surface area contributed by atoms with Crippen LogP contribution in [0.25, 0.3) is 0 Å². The molecule has 1 heterocycles. The number of aromatic hydroxyl groups is 1. The molecule has 0 atom stereocenters. The smallest absolute Gasteiger partial charge is 0.284 e. The van der Waals surface area contributed by atoms with Crippen LogP contribution in [-0.4, -0.2) is 24.3 Å². The molecule has 0 bridgehead atoms. The first-order valence-electron chi connectivity index (χ1n) is 3.70. The maximum Gasteiger partial charge on any atom is 0.284 e. The van der Waals surface area contributed by atoms with Gasteiger partial charge in [-0.3, -0.25) is 0 Å². The zero-order chi connectivity index (χ0) is 10.7. The molecule has 1 aromatic rings. The first kappa shape index (κ1) is 10.5. The van der Waals surface area contributed by atoms with Gasteiger partial charge in [0.25, 0.3) is 12.3 Å². The van der Waals surface area contributed by atoms with Crippen molar-refractivity contribution >= 4 is 0 Å². The summed E-state index contributed by atoms with van der Waals surface area (Å²) in [7, 11) is 2.44. The lowest BCUT2D eigenvalue weighted by Gasteiger charge is -2.09. The molecule has 0 radical (unpaired) electrons. The third kappa shape index (κ3) is 1.84. The molecule has 0 spiro atoms. The van der Waals surface area contributed by atoms with E-state index in [2.05, 4.69) is 14.5 Å². The lowest BCUT2D eigenvalue weighted by molar-refractivity contribution is 0.140. The average molecular weight is 205 g/mol. The molecule has 0 unspecified atom stereocenters. The Morgan fingerprint density at radius 3 is 2.43 bits per heavy atom. The van der Waals surface area contributed by atoms with Crippen LogP contribution >= 0.6 is 0 Å². The van der Waals surface area contributed by atoms with Crippen molar-refractivity contribution in [2.45, 2.75) is 6.43 Å². The Hall–Kier alpha value is -1.59. The Bertz CT molecular complexity index is 331. The second kappa shape index (κ2) is 4.08. The first-order chi connectivity index (χ1) is 6.60. The quantitative estimate of drug-likeness (QED) is 0.816. The predicted octanol–water partition coefficient (Wildman–Crippen LogP) is 1.74. The molecule has 0 saturated heterocycles. The van der Waals surface area contributed by atoms with Crippen LogP contribution in [0.4, 0.5) is 8.78 Å². The molecule has 78 valence electrons. The molecule has 0 aliphatic rings. The van der Waals surface area contributed by atoms with Gasteiger partial charge in [0.15, 0.2) is 11.4 Å². The maximum atomic E-state index is 12.4. The van der Waals surface area contributed by atoms with Crippen molar-refractivity contribution in [1.29, 1.82) is 0 Å². The van der Waals surface area contributed by atoms with Gasteiger partial charge in [-0.2, -0.15) is 0 Å². The molecular weight excluding hydrogens is 196 g/mol. The van der Waals surface area contributed by atoms with Gasteiger partial charge in [0, 0.05) is 6.07 Å². The molecule has 4 nitrogen and oxygen atoms in total. The Morgan fingerprint density at radius 2 is 2.00 bits per heavy atom. The van der Waals surface area contributed by atoms with Gasteiger partial charge in [-0.05, 0) is 0 Å². The highest BCUT2D eigenvalue weighted by atomic mass is 19.3. The standard InChI is InChI=1S/C8H9F2NO3/c1-13-5-3-4(12)8(14-2)11-6(5)7(9)10/h3,7,12H,1-2H3. The van der Waals surface area contributed by atoms with Crippen LogP contribution in [0.1, 0.15) is 12.1 Å². The van der Waals surface area contributed by atoms with E-state index >= 15 is 0 Å². The van der Waals surface area contributed by atoms with Gasteiger partial charge in [0.2, 0.25) is 0 Å². The number of hydrogen-bond acceptors (Lipinski definition) is 4. The normalized spacial score (nSPS) is 10.4. The number of pyridine rings is 1. The number of hydrogen-bond donors (Lipinski definition) is 1. The number of aromatic nitrogens is 1. The van der Waals surface area contributed by atoms with Gasteiger partial charge in [0.05, 0.1) is 14.2 Å². The third-order valence-electron chi connectivity index (χ3n) is 1.58. The summed E-state index contributed by atoms with van der Waals surface area (Å²) in [4.78, 5) is 3.41. The van der Waals surface area contributed by atoms with Crippen molar-refractivity contribution < 1.29 is 23.4 Å². The van der Waals surface area contributed by atoms with Crippen LogP contribution in [0.2, 0.25) is 0 Å². The highest BCUT2D eigenvalue weighted by Gasteiger charge is 2.19. The molecule has 0 aliphatic heterocycles. The van der Waals surface area contributed by atoms with Gasteiger partial charge >= 0.3 is 0 Å². The van der Waals surface area contributed by atoms with Crippen LogP contribution in [0.3, 0.4) is 0 Å². The van der Waals surface area contributed by atoms with Crippen molar-refractivity contribution in [3.8, 4) is 17.4 Å². The summed E-state index contributed by atoms with van der Waals surface area (Å²) < 4.78 is 34.0. The number of methoxy groups -OCH3 is 2. The van der Waals surface area contributed by atoms with Crippen LogP contribution in [0.15, 0.2) is 6.07 Å². The Labute approximate surface area is 79.1 Å². The Kier molecular flexibility index (Phi) is 3.06. The number of alkyl halides is 2. The minimum absolute atomic E-state index is 0.168. The van der Waals surface area contributed by atoms with Crippen LogP contribution in [0, 0.1) is 0 Å². The molecule has 6 heteroatoms. The second-order valence-electron chi connectivity index (χ2n) is 2.40. The van der Waals surface area contributed by atoms with Crippen molar-refractivity contribution in [2.75, 3.05) is 14.2 Å². The number of rotatable bonds is 3. The molecule has 0 saturated carbocycles. The molecule has 14 heavy (non-hydrogen) atoms. The fourth-order valence-corrected chi connectivity index (χ4v) is 0.952. The summed E-state index contributed by atoms with van der Waals surface area (Å²) in [6.07, 6.45) is -2.78. The van der Waals surface area contributed by atoms with Gasteiger partial charge in [-0.1, -0.05) is 0 Å². The van der Waals surface area contributed by atoms with E-state index in [1.54, 1.807) is 0 Å². The first-order valence-corrected chi connectivity index (χ1v) is 3.70. The largest absolute Gasteiger partial charge is 0.503 e. The molecule has 0 fully saturated rings. The van der Waals surface area contributed by atoms with E-state index in [9.17, 15) is 13.9 Å². The summed E-state index contributed by atoms with van der Waals surface area (Å²) in [5.74, 6) is -0.756. The lowest BCUT2D eigenvalue weighted by atomic mass is 10.3. The SMILES string of the molecule is COc1cc(O)c(OC)nc1C(F)F. The fraction of sp³-hybridized carbons (Fsp3) is 0.375. The van der Waals surface area contributed by atoms with Gasteiger partial charge in [-0.15, -0.1) is 0 Å². The minimum Gasteiger partial charge on any atom is -0.503 e. The Morgan fingerprint density at radius 1 is 1.36 bits per heavy atom. The highest BCUT2D eigenvalue weighted by molar-refractivity contribution is 5.42. The topological polar surface area (TPSA) is 51.6 Å². The summed E-state index contributed by atoms with van der Waals surface area (Å²) in [6.45, 7) is 0. The minimum atomic E-state index is -2.78. The van der Waals surface area contributed by atoms with E-state index in [4.69, 9.17) is 0 Å². The zero-order valence-electron chi connectivity index (χ0n) is 7.62. The molecule has 0 aliphatic carbocycles. The highest BCUT2D eigenvalue weighted by Crippen LogP contribution is 2.34. The van der Waals surface area contributed by atoms with E-state index in [0.717, 1.165) is 6.07 Å². The second-order valence-corrected chi connectivity index (χ2v) is 2.40. The lowest BCUT2D eigenvalue weighted by Crippen LogP contribution is -1.99. The molecule has 1 aromatic heterocycles. The van der Waals surface area contributed by atoms with Crippen LogP contribution in [0.5, 0.6) is 17.4 Å². The van der Waals surface area contributed by atoms with Gasteiger partial charge in [-0.25, -0.2) is 13.8 Å². The van der Waals surface area contributed by atoms with E-state index in [1.165, 1.54) is 14.2 Å². The van der Waals surface area contributed by atoms with E-state index in [0.29, 0.717) is 0 Å². The van der Waals surface area contributed by atoms with Crippen molar-refractivity contribution in [1.82, 2.24) is 4.98 Å².